The normalized spacial score (nSPS) is 13.8. The molecule has 3 heteroatoms. The Hall–Kier alpha value is -1.01. The molecule has 1 N–H and O–H groups in total. The Labute approximate surface area is 112 Å². The molecule has 0 heterocycles. The fraction of sp³-hybridized carbons (Fsp3) is 0.500. The summed E-state index contributed by atoms with van der Waals surface area (Å²) in [5.74, 6) is 0. The minimum Gasteiger partial charge on any atom is -0.367 e. The first-order valence-electron chi connectivity index (χ1n) is 6.11. The minimum atomic E-state index is -0.427. The van der Waals surface area contributed by atoms with Crippen molar-refractivity contribution in [3.63, 3.8) is 0 Å². The smallest absolute Gasteiger partial charge is 0.125 e. The number of halogens is 1. The van der Waals surface area contributed by atoms with Crippen molar-refractivity contribution in [1.29, 1.82) is 5.26 Å². The van der Waals surface area contributed by atoms with E-state index >= 15 is 0 Å². The van der Waals surface area contributed by atoms with E-state index < -0.39 is 5.54 Å². The quantitative estimate of drug-likeness (QED) is 0.824. The molecule has 17 heavy (non-hydrogen) atoms. The molecule has 92 valence electrons. The predicted molar refractivity (Wildman–Crippen MR) is 75.9 cm³/mol. The molecule has 0 bridgehead atoms. The summed E-state index contributed by atoms with van der Waals surface area (Å²) in [6.07, 6.45) is 3.91. The van der Waals surface area contributed by atoms with Crippen molar-refractivity contribution < 1.29 is 0 Å². The maximum atomic E-state index is 9.40. The van der Waals surface area contributed by atoms with E-state index in [1.165, 1.54) is 0 Å². The molecule has 0 fully saturated rings. The number of hydrogen-bond acceptors (Lipinski definition) is 2. The Morgan fingerprint density at radius 1 is 1.29 bits per heavy atom. The first kappa shape index (κ1) is 14.1. The van der Waals surface area contributed by atoms with Crippen molar-refractivity contribution in [2.24, 2.45) is 0 Å². The second-order valence-electron chi connectivity index (χ2n) is 4.28. The number of unbranched alkanes of at least 4 members (excludes halogenated alkanes) is 1. The zero-order valence-electron chi connectivity index (χ0n) is 10.5. The molecule has 1 rings (SSSR count). The number of anilines is 1. The van der Waals surface area contributed by atoms with E-state index in [4.69, 9.17) is 0 Å². The van der Waals surface area contributed by atoms with E-state index in [1.54, 1.807) is 0 Å². The first-order chi connectivity index (χ1) is 8.15. The van der Waals surface area contributed by atoms with Gasteiger partial charge in [-0.1, -0.05) is 42.6 Å². The van der Waals surface area contributed by atoms with Gasteiger partial charge >= 0.3 is 0 Å². The fourth-order valence-electron chi connectivity index (χ4n) is 1.78. The van der Waals surface area contributed by atoms with Crippen LogP contribution in [0.3, 0.4) is 0 Å². The highest BCUT2D eigenvalue weighted by atomic mass is 79.9. The third-order valence-corrected chi connectivity index (χ3v) is 3.53. The van der Waals surface area contributed by atoms with Crippen LogP contribution in [0.4, 0.5) is 5.69 Å². The largest absolute Gasteiger partial charge is 0.367 e. The summed E-state index contributed by atoms with van der Waals surface area (Å²) in [4.78, 5) is 0. The van der Waals surface area contributed by atoms with Gasteiger partial charge in [0.1, 0.15) is 5.54 Å². The summed E-state index contributed by atoms with van der Waals surface area (Å²) in [7, 11) is 0. The SMILES string of the molecule is CCCCC(C#N)(CC)Nc1ccc(Br)cc1. The summed E-state index contributed by atoms with van der Waals surface area (Å²) < 4.78 is 1.05. The van der Waals surface area contributed by atoms with Crippen LogP contribution in [0, 0.1) is 11.3 Å². The lowest BCUT2D eigenvalue weighted by Gasteiger charge is -2.27. The molecular weight excluding hydrogens is 276 g/mol. The van der Waals surface area contributed by atoms with Crippen LogP contribution < -0.4 is 5.32 Å². The van der Waals surface area contributed by atoms with Gasteiger partial charge in [-0.25, -0.2) is 0 Å². The maximum absolute atomic E-state index is 9.40. The van der Waals surface area contributed by atoms with E-state index in [-0.39, 0.29) is 0 Å². The van der Waals surface area contributed by atoms with Crippen LogP contribution in [-0.2, 0) is 0 Å². The van der Waals surface area contributed by atoms with Crippen LogP contribution in [-0.4, -0.2) is 5.54 Å². The Morgan fingerprint density at radius 2 is 1.94 bits per heavy atom. The van der Waals surface area contributed by atoms with E-state index in [0.717, 1.165) is 35.8 Å². The summed E-state index contributed by atoms with van der Waals surface area (Å²) in [6.45, 7) is 4.21. The van der Waals surface area contributed by atoms with Crippen LogP contribution in [0.2, 0.25) is 0 Å². The average molecular weight is 295 g/mol. The van der Waals surface area contributed by atoms with E-state index in [9.17, 15) is 5.26 Å². The Balaban J connectivity index is 2.79. The molecule has 1 unspecified atom stereocenters. The van der Waals surface area contributed by atoms with Gasteiger partial charge in [-0.3, -0.25) is 0 Å². The number of rotatable bonds is 6. The van der Waals surface area contributed by atoms with Gasteiger partial charge in [-0.2, -0.15) is 5.26 Å². The number of hydrogen-bond donors (Lipinski definition) is 1. The first-order valence-corrected chi connectivity index (χ1v) is 6.90. The second kappa shape index (κ2) is 6.66. The van der Waals surface area contributed by atoms with Gasteiger partial charge < -0.3 is 5.32 Å². The summed E-state index contributed by atoms with van der Waals surface area (Å²) >= 11 is 3.41. The van der Waals surface area contributed by atoms with Crippen molar-refractivity contribution in [1.82, 2.24) is 0 Å². The Morgan fingerprint density at radius 3 is 2.41 bits per heavy atom. The van der Waals surface area contributed by atoms with Gasteiger partial charge in [-0.15, -0.1) is 0 Å². The number of nitriles is 1. The molecule has 0 aliphatic carbocycles. The summed E-state index contributed by atoms with van der Waals surface area (Å²) in [6, 6.07) is 10.4. The molecule has 0 saturated heterocycles. The van der Waals surface area contributed by atoms with Crippen LogP contribution in [0.1, 0.15) is 39.5 Å². The number of nitrogens with one attached hydrogen (secondary N) is 1. The lowest BCUT2D eigenvalue weighted by molar-refractivity contribution is 0.497. The topological polar surface area (TPSA) is 35.8 Å². The third kappa shape index (κ3) is 4.05. The molecule has 1 aromatic carbocycles. The highest BCUT2D eigenvalue weighted by Gasteiger charge is 2.26. The standard InChI is InChI=1S/C14H19BrN2/c1-3-5-10-14(4-2,11-16)17-13-8-6-12(15)7-9-13/h6-9,17H,3-5,10H2,1-2H3. The molecule has 2 nitrogen and oxygen atoms in total. The lowest BCUT2D eigenvalue weighted by atomic mass is 9.91. The maximum Gasteiger partial charge on any atom is 0.125 e. The zero-order chi connectivity index (χ0) is 12.7. The summed E-state index contributed by atoms with van der Waals surface area (Å²) in [5.41, 5.74) is 0.580. The minimum absolute atomic E-state index is 0.427. The van der Waals surface area contributed by atoms with Gasteiger partial charge in [0.25, 0.3) is 0 Å². The van der Waals surface area contributed by atoms with Crippen molar-refractivity contribution >= 4 is 21.6 Å². The molecule has 0 spiro atoms. The van der Waals surface area contributed by atoms with E-state index in [0.29, 0.717) is 0 Å². The zero-order valence-corrected chi connectivity index (χ0v) is 12.0. The second-order valence-corrected chi connectivity index (χ2v) is 5.20. The van der Waals surface area contributed by atoms with Gasteiger partial charge in [0.2, 0.25) is 0 Å². The van der Waals surface area contributed by atoms with E-state index in [1.807, 2.05) is 24.3 Å². The molecule has 0 aromatic heterocycles. The Bertz CT molecular complexity index is 380. The van der Waals surface area contributed by atoms with Gasteiger partial charge in [0.15, 0.2) is 0 Å². The van der Waals surface area contributed by atoms with Crippen LogP contribution in [0.25, 0.3) is 0 Å². The third-order valence-electron chi connectivity index (χ3n) is 3.00. The van der Waals surface area contributed by atoms with Crippen LogP contribution >= 0.6 is 15.9 Å². The predicted octanol–water partition coefficient (Wildman–Crippen LogP) is 4.72. The Kier molecular flexibility index (Phi) is 5.50. The number of benzene rings is 1. The molecule has 0 aliphatic rings. The van der Waals surface area contributed by atoms with Crippen molar-refractivity contribution in [2.75, 3.05) is 5.32 Å². The average Bonchev–Trinajstić information content (AvgIpc) is 2.37. The van der Waals surface area contributed by atoms with E-state index in [2.05, 4.69) is 41.2 Å². The molecule has 0 amide bonds. The van der Waals surface area contributed by atoms with Gasteiger partial charge in [-0.05, 0) is 37.1 Å². The van der Waals surface area contributed by atoms with Crippen molar-refractivity contribution in [3.8, 4) is 6.07 Å². The lowest BCUT2D eigenvalue weighted by Crippen LogP contribution is -2.35. The molecular formula is C14H19BrN2. The molecule has 1 aromatic rings. The molecule has 0 radical (unpaired) electrons. The van der Waals surface area contributed by atoms with Crippen LogP contribution in [0.5, 0.6) is 0 Å². The van der Waals surface area contributed by atoms with Crippen molar-refractivity contribution in [3.05, 3.63) is 28.7 Å². The highest BCUT2D eigenvalue weighted by molar-refractivity contribution is 9.10. The summed E-state index contributed by atoms with van der Waals surface area (Å²) in [5, 5.41) is 12.8. The van der Waals surface area contributed by atoms with Gasteiger partial charge in [0, 0.05) is 10.2 Å². The number of nitrogens with zero attached hydrogens (tertiary/aromatic N) is 1. The molecule has 0 aliphatic heterocycles. The fourth-order valence-corrected chi connectivity index (χ4v) is 2.04. The molecule has 0 saturated carbocycles. The van der Waals surface area contributed by atoms with Crippen molar-refractivity contribution in [2.45, 2.75) is 45.1 Å². The molecule has 1 atom stereocenters. The van der Waals surface area contributed by atoms with Crippen LogP contribution in [0.15, 0.2) is 28.7 Å². The monoisotopic (exact) mass is 294 g/mol. The highest BCUT2D eigenvalue weighted by Crippen LogP contribution is 2.25. The van der Waals surface area contributed by atoms with Gasteiger partial charge in [0.05, 0.1) is 6.07 Å².